The molecule has 1 saturated heterocycles. The fourth-order valence-electron chi connectivity index (χ4n) is 3.83. The highest BCUT2D eigenvalue weighted by Crippen LogP contribution is 2.25. The zero-order valence-electron chi connectivity index (χ0n) is 17.0. The minimum atomic E-state index is -0.180. The quantitative estimate of drug-likeness (QED) is 0.578. The summed E-state index contributed by atoms with van der Waals surface area (Å²) in [5.41, 5.74) is 3.58. The Kier molecular flexibility index (Phi) is 7.19. The Morgan fingerprint density at radius 3 is 2.63 bits per heavy atom. The van der Waals surface area contributed by atoms with Crippen molar-refractivity contribution in [2.45, 2.75) is 44.4 Å². The lowest BCUT2D eigenvalue weighted by molar-refractivity contribution is 0.0341. The molecule has 0 unspecified atom stereocenters. The predicted molar refractivity (Wildman–Crippen MR) is 117 cm³/mol. The van der Waals surface area contributed by atoms with Crippen LogP contribution < -0.4 is 5.32 Å². The number of pyridine rings is 2. The monoisotopic (exact) mass is 426 g/mol. The van der Waals surface area contributed by atoms with Gasteiger partial charge < -0.3 is 15.2 Å². The van der Waals surface area contributed by atoms with Crippen LogP contribution in [0, 0.1) is 11.8 Å². The number of ether oxygens (including phenoxy) is 1. The van der Waals surface area contributed by atoms with Gasteiger partial charge in [0.1, 0.15) is 10.8 Å². The first-order chi connectivity index (χ1) is 14.7. The van der Waals surface area contributed by atoms with Crippen LogP contribution in [-0.2, 0) is 11.3 Å². The van der Waals surface area contributed by atoms with Gasteiger partial charge in [0.2, 0.25) is 0 Å². The first kappa shape index (κ1) is 21.1. The summed E-state index contributed by atoms with van der Waals surface area (Å²) in [6, 6.07) is 6.17. The largest absolute Gasteiger partial charge is 0.393 e. The van der Waals surface area contributed by atoms with Gasteiger partial charge in [-0.25, -0.2) is 9.97 Å². The second kappa shape index (κ2) is 10.2. The van der Waals surface area contributed by atoms with Gasteiger partial charge in [-0.1, -0.05) is 23.6 Å². The Labute approximate surface area is 182 Å². The van der Waals surface area contributed by atoms with E-state index in [2.05, 4.69) is 38.1 Å². The maximum absolute atomic E-state index is 9.72. The van der Waals surface area contributed by atoms with Crippen molar-refractivity contribution < 1.29 is 9.84 Å². The summed E-state index contributed by atoms with van der Waals surface area (Å²) in [7, 11) is 0. The van der Waals surface area contributed by atoms with Crippen molar-refractivity contribution in [3.8, 4) is 11.8 Å². The number of aliphatic hydroxyl groups excluding tert-OH is 1. The van der Waals surface area contributed by atoms with Crippen molar-refractivity contribution in [3.63, 3.8) is 0 Å². The fraction of sp³-hybridized carbons (Fsp3) is 0.478. The van der Waals surface area contributed by atoms with Crippen molar-refractivity contribution >= 4 is 17.3 Å². The molecule has 0 aromatic carbocycles. The predicted octanol–water partition coefficient (Wildman–Crippen LogP) is 3.08. The molecule has 1 aliphatic carbocycles. The Morgan fingerprint density at radius 2 is 1.90 bits per heavy atom. The van der Waals surface area contributed by atoms with Gasteiger partial charge in [-0.05, 0) is 49.3 Å². The summed E-state index contributed by atoms with van der Waals surface area (Å²) < 4.78 is 5.39. The third kappa shape index (κ3) is 5.93. The lowest BCUT2D eigenvalue weighted by Crippen LogP contribution is -2.35. The maximum Gasteiger partial charge on any atom is 0.131 e. The molecule has 30 heavy (non-hydrogen) atoms. The van der Waals surface area contributed by atoms with E-state index in [4.69, 9.17) is 16.3 Å². The molecule has 7 heteroatoms. The van der Waals surface area contributed by atoms with Crippen molar-refractivity contribution in [1.82, 2.24) is 14.9 Å². The summed E-state index contributed by atoms with van der Waals surface area (Å²) in [6.07, 6.45) is 6.91. The van der Waals surface area contributed by atoms with E-state index in [1.807, 2.05) is 18.3 Å². The van der Waals surface area contributed by atoms with Gasteiger partial charge >= 0.3 is 0 Å². The van der Waals surface area contributed by atoms with Crippen molar-refractivity contribution in [2.24, 2.45) is 0 Å². The molecule has 158 valence electrons. The molecule has 0 atom stereocenters. The van der Waals surface area contributed by atoms with Gasteiger partial charge in [0.05, 0.1) is 30.6 Å². The van der Waals surface area contributed by atoms with E-state index >= 15 is 0 Å². The van der Waals surface area contributed by atoms with E-state index in [1.165, 1.54) is 5.56 Å². The molecule has 2 fully saturated rings. The second-order valence-corrected chi connectivity index (χ2v) is 8.28. The SMILES string of the molecule is OC1CCC(Nc2cc(Cl)ncc2C#Cc2ccc(CN3CCOCC3)cn2)CC1. The number of hydrogen-bond acceptors (Lipinski definition) is 6. The highest BCUT2D eigenvalue weighted by molar-refractivity contribution is 6.29. The van der Waals surface area contributed by atoms with Gasteiger partial charge in [0, 0.05) is 38.1 Å². The molecule has 1 saturated carbocycles. The summed E-state index contributed by atoms with van der Waals surface area (Å²) in [5.74, 6) is 6.32. The van der Waals surface area contributed by atoms with Gasteiger partial charge in [-0.2, -0.15) is 0 Å². The van der Waals surface area contributed by atoms with E-state index in [0.29, 0.717) is 11.2 Å². The Balaban J connectivity index is 1.42. The average Bonchev–Trinajstić information content (AvgIpc) is 2.77. The number of aliphatic hydroxyl groups is 1. The molecule has 4 rings (SSSR count). The second-order valence-electron chi connectivity index (χ2n) is 7.89. The molecule has 1 aliphatic heterocycles. The molecule has 2 aromatic heterocycles. The smallest absolute Gasteiger partial charge is 0.131 e. The number of anilines is 1. The lowest BCUT2D eigenvalue weighted by atomic mass is 9.93. The number of aromatic nitrogens is 2. The first-order valence-corrected chi connectivity index (χ1v) is 10.9. The van der Waals surface area contributed by atoms with E-state index in [-0.39, 0.29) is 6.10 Å². The molecule has 0 amide bonds. The van der Waals surface area contributed by atoms with Crippen LogP contribution in [0.2, 0.25) is 5.15 Å². The number of hydrogen-bond donors (Lipinski definition) is 2. The summed E-state index contributed by atoms with van der Waals surface area (Å²) in [4.78, 5) is 11.1. The van der Waals surface area contributed by atoms with Crippen LogP contribution in [0.25, 0.3) is 0 Å². The summed E-state index contributed by atoms with van der Waals surface area (Å²) in [5, 5.41) is 13.7. The minimum absolute atomic E-state index is 0.180. The Morgan fingerprint density at radius 1 is 1.10 bits per heavy atom. The van der Waals surface area contributed by atoms with E-state index in [9.17, 15) is 5.11 Å². The molecular formula is C23H27ClN4O2. The Hall–Kier alpha value is -2.17. The third-order valence-corrected chi connectivity index (χ3v) is 5.79. The summed E-state index contributed by atoms with van der Waals surface area (Å²) >= 11 is 6.11. The third-order valence-electron chi connectivity index (χ3n) is 5.59. The lowest BCUT2D eigenvalue weighted by Gasteiger charge is -2.27. The number of morpholine rings is 1. The van der Waals surface area contributed by atoms with E-state index in [1.54, 1.807) is 6.20 Å². The van der Waals surface area contributed by atoms with Gasteiger partial charge in [-0.15, -0.1) is 0 Å². The van der Waals surface area contributed by atoms with E-state index in [0.717, 1.165) is 75.5 Å². The molecule has 0 spiro atoms. The van der Waals surface area contributed by atoms with E-state index < -0.39 is 0 Å². The van der Waals surface area contributed by atoms with Crippen molar-refractivity contribution in [1.29, 1.82) is 0 Å². The standard InChI is InChI=1S/C23H27ClN4O2/c24-23-13-22(27-20-5-7-21(29)8-6-20)18(15-26-23)2-4-19-3-1-17(14-25-19)16-28-9-11-30-12-10-28/h1,3,13-15,20-21,29H,5-12,16H2,(H,26,27). The topological polar surface area (TPSA) is 70.5 Å². The van der Waals surface area contributed by atoms with Crippen LogP contribution in [0.1, 0.15) is 42.5 Å². The minimum Gasteiger partial charge on any atom is -0.393 e. The normalized spacial score (nSPS) is 22.2. The Bertz CT molecular complexity index is 896. The van der Waals surface area contributed by atoms with Crippen molar-refractivity contribution in [2.75, 3.05) is 31.6 Å². The molecule has 6 nitrogen and oxygen atoms in total. The first-order valence-electron chi connectivity index (χ1n) is 10.5. The van der Waals surface area contributed by atoms with Crippen LogP contribution >= 0.6 is 11.6 Å². The van der Waals surface area contributed by atoms with Crippen LogP contribution in [0.5, 0.6) is 0 Å². The maximum atomic E-state index is 9.72. The number of halogens is 1. The molecule has 3 heterocycles. The van der Waals surface area contributed by atoms with Crippen LogP contribution in [0.4, 0.5) is 5.69 Å². The van der Waals surface area contributed by atoms with Crippen molar-refractivity contribution in [3.05, 3.63) is 52.6 Å². The molecule has 2 aliphatic rings. The number of rotatable bonds is 4. The summed E-state index contributed by atoms with van der Waals surface area (Å²) in [6.45, 7) is 4.39. The molecular weight excluding hydrogens is 400 g/mol. The zero-order valence-corrected chi connectivity index (χ0v) is 17.7. The molecule has 0 bridgehead atoms. The highest BCUT2D eigenvalue weighted by atomic mass is 35.5. The number of nitrogens with zero attached hydrogens (tertiary/aromatic N) is 3. The molecule has 2 N–H and O–H groups in total. The fourth-order valence-corrected chi connectivity index (χ4v) is 3.99. The van der Waals surface area contributed by atoms with Crippen LogP contribution in [-0.4, -0.2) is 58.4 Å². The van der Waals surface area contributed by atoms with Crippen LogP contribution in [0.15, 0.2) is 30.6 Å². The number of nitrogens with one attached hydrogen (secondary N) is 1. The van der Waals surface area contributed by atoms with Crippen LogP contribution in [0.3, 0.4) is 0 Å². The zero-order chi connectivity index (χ0) is 20.8. The van der Waals surface area contributed by atoms with Gasteiger partial charge in [0.15, 0.2) is 0 Å². The molecule has 2 aromatic rings. The van der Waals surface area contributed by atoms with Gasteiger partial charge in [-0.3, -0.25) is 4.90 Å². The average molecular weight is 427 g/mol. The van der Waals surface area contributed by atoms with Gasteiger partial charge in [0.25, 0.3) is 0 Å². The molecule has 0 radical (unpaired) electrons. The highest BCUT2D eigenvalue weighted by Gasteiger charge is 2.20.